The molecular formula is C30H26N2O4. The molecule has 0 bridgehead atoms. The third kappa shape index (κ3) is 6.90. The Morgan fingerprint density at radius 1 is 0.722 bits per heavy atom. The summed E-state index contributed by atoms with van der Waals surface area (Å²) < 4.78 is 11.2. The average molecular weight is 479 g/mol. The Morgan fingerprint density at radius 2 is 1.28 bits per heavy atom. The van der Waals surface area contributed by atoms with Crippen molar-refractivity contribution < 1.29 is 19.1 Å². The Kier molecular flexibility index (Phi) is 7.88. The molecule has 36 heavy (non-hydrogen) atoms. The third-order valence-electron chi connectivity index (χ3n) is 5.40. The molecule has 0 aromatic heterocycles. The molecule has 1 amide bonds. The van der Waals surface area contributed by atoms with Crippen LogP contribution in [0.3, 0.4) is 0 Å². The second kappa shape index (κ2) is 11.6. The number of esters is 1. The van der Waals surface area contributed by atoms with E-state index in [0.29, 0.717) is 29.2 Å². The molecule has 0 fully saturated rings. The summed E-state index contributed by atoms with van der Waals surface area (Å²) in [5.74, 6) is 0.348. The quantitative estimate of drug-likeness (QED) is 0.149. The lowest BCUT2D eigenvalue weighted by Gasteiger charge is -2.07. The molecule has 0 spiro atoms. The van der Waals surface area contributed by atoms with Crippen LogP contribution in [0.15, 0.2) is 102 Å². The number of ether oxygens (including phenoxy) is 2. The fourth-order valence-corrected chi connectivity index (χ4v) is 3.26. The molecule has 6 nitrogen and oxygen atoms in total. The van der Waals surface area contributed by atoms with E-state index >= 15 is 0 Å². The van der Waals surface area contributed by atoms with Gasteiger partial charge in [-0.05, 0) is 85.6 Å². The topological polar surface area (TPSA) is 77.0 Å². The van der Waals surface area contributed by atoms with Crippen LogP contribution in [0, 0.1) is 13.8 Å². The van der Waals surface area contributed by atoms with Crippen molar-refractivity contribution >= 4 is 18.1 Å². The van der Waals surface area contributed by atoms with Crippen molar-refractivity contribution in [2.24, 2.45) is 5.10 Å². The number of nitrogens with one attached hydrogen (secondary N) is 1. The van der Waals surface area contributed by atoms with Crippen molar-refractivity contribution in [3.63, 3.8) is 0 Å². The SMILES string of the molecule is Cc1ccc(COc2ccc(C(=O)N/N=C\c3ccc(OC(=O)c4ccc(C)cc4)cc3)cc2)cc1. The largest absolute Gasteiger partial charge is 0.489 e. The molecule has 6 heteroatoms. The molecule has 180 valence electrons. The highest BCUT2D eigenvalue weighted by Gasteiger charge is 2.08. The molecule has 0 unspecified atom stereocenters. The van der Waals surface area contributed by atoms with Gasteiger partial charge in [0.1, 0.15) is 18.1 Å². The fraction of sp³-hybridized carbons (Fsp3) is 0.100. The first-order valence-electron chi connectivity index (χ1n) is 11.5. The van der Waals surface area contributed by atoms with Crippen LogP contribution in [-0.2, 0) is 6.61 Å². The van der Waals surface area contributed by atoms with Crippen LogP contribution in [-0.4, -0.2) is 18.1 Å². The highest BCUT2D eigenvalue weighted by atomic mass is 16.5. The van der Waals surface area contributed by atoms with Crippen molar-refractivity contribution in [1.82, 2.24) is 5.43 Å². The first-order chi connectivity index (χ1) is 17.5. The molecule has 4 aromatic carbocycles. The second-order valence-electron chi connectivity index (χ2n) is 8.32. The van der Waals surface area contributed by atoms with Crippen molar-refractivity contribution in [2.75, 3.05) is 0 Å². The average Bonchev–Trinajstić information content (AvgIpc) is 2.90. The van der Waals surface area contributed by atoms with E-state index in [4.69, 9.17) is 9.47 Å². The van der Waals surface area contributed by atoms with Gasteiger partial charge in [0.2, 0.25) is 0 Å². The van der Waals surface area contributed by atoms with Crippen LogP contribution in [0.4, 0.5) is 0 Å². The molecule has 0 aliphatic carbocycles. The van der Waals surface area contributed by atoms with Crippen LogP contribution >= 0.6 is 0 Å². The summed E-state index contributed by atoms with van der Waals surface area (Å²) in [4.78, 5) is 24.6. The normalized spacial score (nSPS) is 10.7. The zero-order chi connectivity index (χ0) is 25.3. The number of aryl methyl sites for hydroxylation is 2. The molecule has 0 saturated heterocycles. The molecule has 0 aliphatic rings. The van der Waals surface area contributed by atoms with Gasteiger partial charge in [0.15, 0.2) is 0 Å². The summed E-state index contributed by atoms with van der Waals surface area (Å²) in [7, 11) is 0. The number of hydrogen-bond donors (Lipinski definition) is 1. The molecule has 0 atom stereocenters. The standard InChI is InChI=1S/C30H26N2O4/c1-21-3-7-24(8-4-21)20-35-27-17-13-25(14-18-27)29(33)32-31-19-23-9-15-28(16-10-23)36-30(34)26-11-5-22(2)6-12-26/h3-19H,20H2,1-2H3,(H,32,33)/b31-19-. The lowest BCUT2D eigenvalue weighted by Crippen LogP contribution is -2.17. The van der Waals surface area contributed by atoms with Gasteiger partial charge < -0.3 is 9.47 Å². The van der Waals surface area contributed by atoms with Crippen LogP contribution in [0.1, 0.15) is 43.0 Å². The molecule has 4 aromatic rings. The minimum Gasteiger partial charge on any atom is -0.489 e. The lowest BCUT2D eigenvalue weighted by molar-refractivity contribution is 0.0734. The minimum absolute atomic E-state index is 0.333. The number of hydrazone groups is 1. The van der Waals surface area contributed by atoms with E-state index in [1.54, 1.807) is 60.7 Å². The van der Waals surface area contributed by atoms with Gasteiger partial charge >= 0.3 is 5.97 Å². The third-order valence-corrected chi connectivity index (χ3v) is 5.40. The highest BCUT2D eigenvalue weighted by Crippen LogP contribution is 2.16. The first kappa shape index (κ1) is 24.4. The Bertz CT molecular complexity index is 1340. The van der Waals surface area contributed by atoms with Crippen LogP contribution < -0.4 is 14.9 Å². The van der Waals surface area contributed by atoms with Crippen molar-refractivity contribution in [3.05, 3.63) is 130 Å². The van der Waals surface area contributed by atoms with E-state index in [1.165, 1.54) is 11.8 Å². The Balaban J connectivity index is 1.25. The van der Waals surface area contributed by atoms with Crippen LogP contribution in [0.25, 0.3) is 0 Å². The molecule has 0 aliphatic heterocycles. The minimum atomic E-state index is -0.421. The predicted molar refractivity (Wildman–Crippen MR) is 140 cm³/mol. The summed E-state index contributed by atoms with van der Waals surface area (Å²) in [6.45, 7) is 4.46. The van der Waals surface area contributed by atoms with Gasteiger partial charge in [-0.3, -0.25) is 4.79 Å². The van der Waals surface area contributed by atoms with E-state index in [0.717, 1.165) is 16.7 Å². The van der Waals surface area contributed by atoms with E-state index in [9.17, 15) is 9.59 Å². The summed E-state index contributed by atoms with van der Waals surface area (Å²) in [5, 5.41) is 4.01. The number of benzene rings is 4. The molecule has 1 N–H and O–H groups in total. The Labute approximate surface area is 210 Å². The van der Waals surface area contributed by atoms with E-state index in [1.807, 2.05) is 50.2 Å². The highest BCUT2D eigenvalue weighted by molar-refractivity contribution is 5.95. The number of carbonyl (C=O) groups excluding carboxylic acids is 2. The zero-order valence-corrected chi connectivity index (χ0v) is 20.1. The number of nitrogens with zero attached hydrogens (tertiary/aromatic N) is 1. The van der Waals surface area contributed by atoms with Crippen LogP contribution in [0.2, 0.25) is 0 Å². The number of rotatable bonds is 8. The number of amides is 1. The maximum atomic E-state index is 12.4. The molecule has 0 saturated carbocycles. The first-order valence-corrected chi connectivity index (χ1v) is 11.5. The maximum absolute atomic E-state index is 12.4. The molecule has 0 heterocycles. The molecule has 4 rings (SSSR count). The van der Waals surface area contributed by atoms with E-state index < -0.39 is 5.97 Å². The predicted octanol–water partition coefficient (Wildman–Crippen LogP) is 5.87. The van der Waals surface area contributed by atoms with Gasteiger partial charge in [0, 0.05) is 5.56 Å². The van der Waals surface area contributed by atoms with Gasteiger partial charge in [-0.2, -0.15) is 5.10 Å². The maximum Gasteiger partial charge on any atom is 0.343 e. The smallest absolute Gasteiger partial charge is 0.343 e. The van der Waals surface area contributed by atoms with Crippen molar-refractivity contribution in [3.8, 4) is 11.5 Å². The number of hydrogen-bond acceptors (Lipinski definition) is 5. The fourth-order valence-electron chi connectivity index (χ4n) is 3.26. The summed E-state index contributed by atoms with van der Waals surface area (Å²) in [6.07, 6.45) is 1.52. The van der Waals surface area contributed by atoms with Gasteiger partial charge in [0.05, 0.1) is 11.8 Å². The Morgan fingerprint density at radius 3 is 1.92 bits per heavy atom. The van der Waals surface area contributed by atoms with Crippen LogP contribution in [0.5, 0.6) is 11.5 Å². The lowest BCUT2D eigenvalue weighted by atomic mass is 10.1. The molecular weight excluding hydrogens is 452 g/mol. The van der Waals surface area contributed by atoms with Crippen molar-refractivity contribution in [1.29, 1.82) is 0 Å². The Hall–Kier alpha value is -4.71. The summed E-state index contributed by atoms with van der Waals surface area (Å²) in [6, 6.07) is 29.0. The van der Waals surface area contributed by atoms with Gasteiger partial charge in [-0.15, -0.1) is 0 Å². The number of carbonyl (C=O) groups is 2. The van der Waals surface area contributed by atoms with E-state index in [2.05, 4.69) is 10.5 Å². The second-order valence-corrected chi connectivity index (χ2v) is 8.32. The van der Waals surface area contributed by atoms with Gasteiger partial charge in [0.25, 0.3) is 5.91 Å². The zero-order valence-electron chi connectivity index (χ0n) is 20.1. The summed E-state index contributed by atoms with van der Waals surface area (Å²) in [5.41, 5.74) is 7.55. The molecule has 0 radical (unpaired) electrons. The van der Waals surface area contributed by atoms with E-state index in [-0.39, 0.29) is 5.91 Å². The van der Waals surface area contributed by atoms with Gasteiger partial charge in [-0.25, -0.2) is 10.2 Å². The van der Waals surface area contributed by atoms with Gasteiger partial charge in [-0.1, -0.05) is 47.5 Å². The monoisotopic (exact) mass is 478 g/mol. The van der Waals surface area contributed by atoms with Crippen molar-refractivity contribution in [2.45, 2.75) is 20.5 Å². The summed E-state index contributed by atoms with van der Waals surface area (Å²) >= 11 is 0.